The second-order valence-electron chi connectivity index (χ2n) is 7.44. The molecule has 2 aliphatic heterocycles. The normalized spacial score (nSPS) is 18.1. The van der Waals surface area contributed by atoms with E-state index in [1.165, 1.54) is 0 Å². The fraction of sp³-hybridized carbons (Fsp3) is 0.476. The molecule has 0 atom stereocenters. The molecule has 0 bridgehead atoms. The van der Waals surface area contributed by atoms with Crippen LogP contribution in [0.3, 0.4) is 0 Å². The van der Waals surface area contributed by atoms with Gasteiger partial charge in [0.1, 0.15) is 0 Å². The number of nitrogens with zero attached hydrogens (tertiary/aromatic N) is 5. The fourth-order valence-electron chi connectivity index (χ4n) is 3.73. The molecule has 0 aliphatic carbocycles. The Morgan fingerprint density at radius 2 is 1.59 bits per heavy atom. The first-order valence-corrected chi connectivity index (χ1v) is 10.1. The lowest BCUT2D eigenvalue weighted by atomic mass is 10.1. The van der Waals surface area contributed by atoms with Gasteiger partial charge in [0, 0.05) is 51.7 Å². The third kappa shape index (κ3) is 5.02. The van der Waals surface area contributed by atoms with Crippen LogP contribution in [0.25, 0.3) is 5.69 Å². The first kappa shape index (κ1) is 19.6. The molecule has 8 heteroatoms. The molecule has 154 valence electrons. The molecule has 0 N–H and O–H groups in total. The molecule has 1 aromatic carbocycles. The van der Waals surface area contributed by atoms with Crippen LogP contribution in [0.15, 0.2) is 42.7 Å². The molecular formula is C21H27N5O3. The van der Waals surface area contributed by atoms with E-state index in [0.717, 1.165) is 24.3 Å². The summed E-state index contributed by atoms with van der Waals surface area (Å²) < 4.78 is 7.09. The Bertz CT molecular complexity index is 807. The molecule has 2 aliphatic rings. The quantitative estimate of drug-likeness (QED) is 0.731. The van der Waals surface area contributed by atoms with E-state index in [4.69, 9.17) is 4.74 Å². The summed E-state index contributed by atoms with van der Waals surface area (Å²) in [6.45, 7) is 5.83. The van der Waals surface area contributed by atoms with Gasteiger partial charge in [0.2, 0.25) is 11.8 Å². The zero-order valence-electron chi connectivity index (χ0n) is 16.6. The second kappa shape index (κ2) is 9.19. The van der Waals surface area contributed by atoms with Crippen LogP contribution in [-0.2, 0) is 20.7 Å². The Labute approximate surface area is 170 Å². The SMILES string of the molecule is O=C(Cc1ccc(-n2cccn2)cc1)N1CCN(CC(=O)N2CCOCC2)CC1. The molecule has 1 aromatic heterocycles. The lowest BCUT2D eigenvalue weighted by Gasteiger charge is -2.36. The van der Waals surface area contributed by atoms with E-state index < -0.39 is 0 Å². The van der Waals surface area contributed by atoms with Crippen LogP contribution in [0.4, 0.5) is 0 Å². The summed E-state index contributed by atoms with van der Waals surface area (Å²) in [6.07, 6.45) is 4.03. The van der Waals surface area contributed by atoms with E-state index in [2.05, 4.69) is 10.00 Å². The molecule has 0 unspecified atom stereocenters. The Morgan fingerprint density at radius 3 is 2.24 bits per heavy atom. The van der Waals surface area contributed by atoms with E-state index >= 15 is 0 Å². The number of carbonyl (C=O) groups is 2. The van der Waals surface area contributed by atoms with Crippen molar-refractivity contribution in [2.45, 2.75) is 6.42 Å². The van der Waals surface area contributed by atoms with Crippen LogP contribution in [0.5, 0.6) is 0 Å². The predicted octanol–water partition coefficient (Wildman–Crippen LogP) is 0.418. The lowest BCUT2D eigenvalue weighted by molar-refractivity contribution is -0.137. The highest BCUT2D eigenvalue weighted by Crippen LogP contribution is 2.11. The monoisotopic (exact) mass is 397 g/mol. The second-order valence-corrected chi connectivity index (χ2v) is 7.44. The number of piperazine rings is 1. The summed E-state index contributed by atoms with van der Waals surface area (Å²) in [5.74, 6) is 0.293. The first-order valence-electron chi connectivity index (χ1n) is 10.1. The largest absolute Gasteiger partial charge is 0.378 e. The van der Waals surface area contributed by atoms with Crippen molar-refractivity contribution in [2.75, 3.05) is 59.0 Å². The maximum Gasteiger partial charge on any atom is 0.236 e. The number of hydrogen-bond acceptors (Lipinski definition) is 5. The molecule has 3 heterocycles. The maximum absolute atomic E-state index is 12.7. The van der Waals surface area contributed by atoms with Gasteiger partial charge in [0.25, 0.3) is 0 Å². The molecule has 2 fully saturated rings. The highest BCUT2D eigenvalue weighted by atomic mass is 16.5. The minimum atomic E-state index is 0.135. The average Bonchev–Trinajstić information content (AvgIpc) is 3.30. The van der Waals surface area contributed by atoms with Crippen molar-refractivity contribution in [1.29, 1.82) is 0 Å². The molecular weight excluding hydrogens is 370 g/mol. The molecule has 2 amide bonds. The molecule has 2 saturated heterocycles. The third-order valence-corrected chi connectivity index (χ3v) is 5.51. The van der Waals surface area contributed by atoms with Crippen LogP contribution in [0.2, 0.25) is 0 Å². The third-order valence-electron chi connectivity index (χ3n) is 5.51. The van der Waals surface area contributed by atoms with E-state index in [-0.39, 0.29) is 11.8 Å². The number of benzene rings is 1. The van der Waals surface area contributed by atoms with Crippen molar-refractivity contribution in [1.82, 2.24) is 24.5 Å². The Kier molecular flexibility index (Phi) is 6.21. The van der Waals surface area contributed by atoms with Crippen LogP contribution in [0, 0.1) is 0 Å². The zero-order valence-corrected chi connectivity index (χ0v) is 16.6. The molecule has 0 radical (unpaired) electrons. The van der Waals surface area contributed by atoms with Crippen molar-refractivity contribution in [3.8, 4) is 5.69 Å². The summed E-state index contributed by atoms with van der Waals surface area (Å²) in [6, 6.07) is 9.79. The van der Waals surface area contributed by atoms with Gasteiger partial charge in [-0.25, -0.2) is 4.68 Å². The minimum Gasteiger partial charge on any atom is -0.378 e. The number of aromatic nitrogens is 2. The van der Waals surface area contributed by atoms with E-state index in [0.29, 0.717) is 52.4 Å². The molecule has 0 saturated carbocycles. The van der Waals surface area contributed by atoms with E-state index in [1.54, 1.807) is 10.9 Å². The Hall–Kier alpha value is -2.71. The summed E-state index contributed by atoms with van der Waals surface area (Å²) in [7, 11) is 0. The average molecular weight is 397 g/mol. The first-order chi connectivity index (χ1) is 14.2. The van der Waals surface area contributed by atoms with Crippen molar-refractivity contribution < 1.29 is 14.3 Å². The van der Waals surface area contributed by atoms with Crippen molar-refractivity contribution in [3.63, 3.8) is 0 Å². The Balaban J connectivity index is 1.23. The fourth-order valence-corrected chi connectivity index (χ4v) is 3.73. The number of carbonyl (C=O) groups excluding carboxylic acids is 2. The number of rotatable bonds is 5. The van der Waals surface area contributed by atoms with Gasteiger partial charge >= 0.3 is 0 Å². The van der Waals surface area contributed by atoms with Crippen LogP contribution in [0.1, 0.15) is 5.56 Å². The minimum absolute atomic E-state index is 0.135. The van der Waals surface area contributed by atoms with Crippen LogP contribution in [-0.4, -0.2) is 95.3 Å². The lowest BCUT2D eigenvalue weighted by Crippen LogP contribution is -2.52. The van der Waals surface area contributed by atoms with Gasteiger partial charge in [0.15, 0.2) is 0 Å². The summed E-state index contributed by atoms with van der Waals surface area (Å²) in [5, 5.41) is 4.21. The summed E-state index contributed by atoms with van der Waals surface area (Å²) in [5.41, 5.74) is 1.97. The van der Waals surface area contributed by atoms with E-state index in [1.807, 2.05) is 46.3 Å². The standard InChI is InChI=1S/C21H27N5O3/c27-20(16-18-2-4-19(5-3-18)26-7-1-6-22-26)24-10-8-23(9-11-24)17-21(28)25-12-14-29-15-13-25/h1-7H,8-17H2. The van der Waals surface area contributed by atoms with Gasteiger partial charge in [0.05, 0.1) is 31.9 Å². The number of ether oxygens (including phenoxy) is 1. The highest BCUT2D eigenvalue weighted by molar-refractivity contribution is 5.79. The van der Waals surface area contributed by atoms with Crippen molar-refractivity contribution in [2.24, 2.45) is 0 Å². The van der Waals surface area contributed by atoms with Gasteiger partial charge < -0.3 is 14.5 Å². The van der Waals surface area contributed by atoms with Crippen molar-refractivity contribution in [3.05, 3.63) is 48.3 Å². The maximum atomic E-state index is 12.7. The summed E-state index contributed by atoms with van der Waals surface area (Å²) >= 11 is 0. The molecule has 0 spiro atoms. The number of morpholine rings is 1. The van der Waals surface area contributed by atoms with Crippen molar-refractivity contribution >= 4 is 11.8 Å². The molecule has 2 aromatic rings. The molecule has 29 heavy (non-hydrogen) atoms. The number of amides is 2. The van der Waals surface area contributed by atoms with E-state index in [9.17, 15) is 9.59 Å². The van der Waals surface area contributed by atoms with Gasteiger partial charge in [-0.2, -0.15) is 5.10 Å². The number of hydrogen-bond donors (Lipinski definition) is 0. The van der Waals surface area contributed by atoms with Gasteiger partial charge in [-0.1, -0.05) is 12.1 Å². The Morgan fingerprint density at radius 1 is 0.897 bits per heavy atom. The van der Waals surface area contributed by atoms with Gasteiger partial charge in [-0.3, -0.25) is 14.5 Å². The topological polar surface area (TPSA) is 70.9 Å². The van der Waals surface area contributed by atoms with Gasteiger partial charge in [-0.15, -0.1) is 0 Å². The van der Waals surface area contributed by atoms with Crippen LogP contribution < -0.4 is 0 Å². The van der Waals surface area contributed by atoms with Crippen LogP contribution >= 0.6 is 0 Å². The molecule has 4 rings (SSSR count). The zero-order chi connectivity index (χ0) is 20.1. The predicted molar refractivity (Wildman–Crippen MR) is 108 cm³/mol. The molecule has 8 nitrogen and oxygen atoms in total. The highest BCUT2D eigenvalue weighted by Gasteiger charge is 2.25. The smallest absolute Gasteiger partial charge is 0.236 e. The van der Waals surface area contributed by atoms with Gasteiger partial charge in [-0.05, 0) is 23.8 Å². The summed E-state index contributed by atoms with van der Waals surface area (Å²) in [4.78, 5) is 30.9.